The summed E-state index contributed by atoms with van der Waals surface area (Å²) in [5.74, 6) is 1.13. The van der Waals surface area contributed by atoms with Crippen molar-refractivity contribution in [3.05, 3.63) is 43.1 Å². The maximum absolute atomic E-state index is 16.6. The Morgan fingerprint density at radius 1 is 1.36 bits per heavy atom. The van der Waals surface area contributed by atoms with E-state index in [-0.39, 0.29) is 24.2 Å². The molecule has 0 spiro atoms. The van der Waals surface area contributed by atoms with Crippen LogP contribution in [0.1, 0.15) is 25.7 Å². The van der Waals surface area contributed by atoms with Crippen LogP contribution in [-0.4, -0.2) is 39.7 Å². The Kier molecular flexibility index (Phi) is 3.60. The number of fused-ring (bicyclic) bond motifs is 5. The first-order valence-electron chi connectivity index (χ1n) is 9.15. The molecule has 4 rings (SSSR count). The van der Waals surface area contributed by atoms with Crippen LogP contribution in [0.4, 0.5) is 4.39 Å². The molecule has 4 aliphatic carbocycles. The summed E-state index contributed by atoms with van der Waals surface area (Å²) in [7, 11) is 0. The van der Waals surface area contributed by atoms with Crippen LogP contribution in [0.2, 0.25) is 0 Å². The molecule has 143 valence electrons. The number of aliphatic hydroxyl groups is 2. The third-order valence-corrected chi connectivity index (χ3v) is 7.30. The Bertz CT molecular complexity index is 963. The van der Waals surface area contributed by atoms with Crippen LogP contribution in [0.5, 0.6) is 0 Å². The average Bonchev–Trinajstić information content (AvgIpc) is 2.84. The van der Waals surface area contributed by atoms with E-state index < -0.39 is 58.5 Å². The lowest BCUT2D eigenvalue weighted by Crippen LogP contribution is -2.67. The van der Waals surface area contributed by atoms with Crippen LogP contribution in [0.15, 0.2) is 29.2 Å². The van der Waals surface area contributed by atoms with Crippen molar-refractivity contribution in [1.82, 2.24) is 0 Å². The molecule has 0 bridgehead atoms. The lowest BCUT2D eigenvalue weighted by atomic mass is 9.45. The zero-order chi connectivity index (χ0) is 20.7. The fourth-order valence-electron chi connectivity index (χ4n) is 5.85. The van der Waals surface area contributed by atoms with Crippen LogP contribution in [0, 0.1) is 48.4 Å². The van der Waals surface area contributed by atoms with Gasteiger partial charge in [0, 0.05) is 17.4 Å². The standard InChI is InChI=1S/C22H19FO5/c1-12-8-16-15-5-4-13-9-14(25)6-7-19(13,2)21(15,23)17(26)10-20(16,3)22(12,28)18(27)11-24/h15-16,24H,1-5,8,10-11H2/q+1/p+1/t15-,16-,19-,20-,21-,22-/m0/s1. The molecule has 2 N–H and O–H groups in total. The predicted molar refractivity (Wildman–Crippen MR) is 95.5 cm³/mol. The van der Waals surface area contributed by atoms with E-state index in [1.807, 2.05) is 0 Å². The Morgan fingerprint density at radius 2 is 2.04 bits per heavy atom. The smallest absolute Gasteiger partial charge is 0.235 e. The summed E-state index contributed by atoms with van der Waals surface area (Å²) in [6.07, 6.45) is -0.0208. The maximum Gasteiger partial charge on any atom is 0.235 e. The van der Waals surface area contributed by atoms with Gasteiger partial charge in [0.05, 0.1) is 20.3 Å². The number of alkyl halides is 1. The minimum Gasteiger partial charge on any atom is -0.495 e. The quantitative estimate of drug-likeness (QED) is 0.330. The zero-order valence-electron chi connectivity index (χ0n) is 15.3. The van der Waals surface area contributed by atoms with Crippen molar-refractivity contribution < 1.29 is 29.3 Å². The van der Waals surface area contributed by atoms with E-state index in [9.17, 15) is 24.9 Å². The van der Waals surface area contributed by atoms with Crippen molar-refractivity contribution in [2.75, 3.05) is 6.61 Å². The molecule has 3 fully saturated rings. The number of carbonyl (C=O) groups is 2. The second-order valence-corrected chi connectivity index (χ2v) is 8.40. The van der Waals surface area contributed by atoms with Crippen molar-refractivity contribution in [1.29, 1.82) is 0 Å². The molecule has 5 nitrogen and oxygen atoms in total. The second-order valence-electron chi connectivity index (χ2n) is 8.40. The van der Waals surface area contributed by atoms with Crippen LogP contribution in [0.25, 0.3) is 0 Å². The molecule has 0 amide bonds. The van der Waals surface area contributed by atoms with Gasteiger partial charge in [0.25, 0.3) is 0 Å². The Balaban J connectivity index is 1.88. The molecule has 1 radical (unpaired) electrons. The van der Waals surface area contributed by atoms with Gasteiger partial charge in [0.2, 0.25) is 28.2 Å². The van der Waals surface area contributed by atoms with Crippen molar-refractivity contribution >= 4 is 11.6 Å². The van der Waals surface area contributed by atoms with Crippen LogP contribution in [-0.2, 0) is 14.7 Å². The number of hydrogen-bond acceptors (Lipinski definition) is 4. The molecule has 0 aliphatic heterocycles. The fourth-order valence-corrected chi connectivity index (χ4v) is 5.85. The first-order chi connectivity index (χ1) is 13.0. The molecule has 0 aromatic carbocycles. The highest BCUT2D eigenvalue weighted by atomic mass is 19.1. The highest BCUT2D eigenvalue weighted by Gasteiger charge is 2.81. The summed E-state index contributed by atoms with van der Waals surface area (Å²) < 4.78 is 16.6. The van der Waals surface area contributed by atoms with Gasteiger partial charge in [-0.25, -0.2) is 9.50 Å². The minimum atomic E-state index is -2.49. The van der Waals surface area contributed by atoms with Crippen molar-refractivity contribution in [3.63, 3.8) is 0 Å². The molecule has 6 atom stereocenters. The largest absolute Gasteiger partial charge is 0.495 e. The first-order valence-corrected chi connectivity index (χ1v) is 9.15. The molecule has 6 heteroatoms. The number of allylic oxidation sites excluding steroid dienone is 1. The number of Topliss-reactive ketones (excluding diaryl/α,β-unsaturated/α-hetero) is 2. The minimum absolute atomic E-state index is 0.0234. The van der Waals surface area contributed by atoms with Gasteiger partial charge in [-0.1, -0.05) is 12.3 Å². The molecule has 3 saturated carbocycles. The van der Waals surface area contributed by atoms with E-state index >= 15 is 4.39 Å². The SMILES string of the molecule is C=C1C[C@H]2[C@@H]3CCC4=C=C(O)C#C[C@]4([CH2+])[C@@]3(F)C(=O)C[C@]2([CH2+])[C@@]1([O])C(=O)CO. The Morgan fingerprint density at radius 3 is 2.68 bits per heavy atom. The van der Waals surface area contributed by atoms with Crippen LogP contribution < -0.4 is 0 Å². The molecule has 0 unspecified atom stereocenters. The lowest BCUT2D eigenvalue weighted by Gasteiger charge is -2.52. The summed E-state index contributed by atoms with van der Waals surface area (Å²) in [6, 6.07) is 0. The van der Waals surface area contributed by atoms with E-state index in [4.69, 9.17) is 0 Å². The van der Waals surface area contributed by atoms with Crippen molar-refractivity contribution in [2.24, 2.45) is 22.7 Å². The normalized spacial score (nSPS) is 46.4. The monoisotopic (exact) mass is 383 g/mol. The summed E-state index contributed by atoms with van der Waals surface area (Å²) in [5, 5.41) is 32.5. The summed E-state index contributed by atoms with van der Waals surface area (Å²) in [6.45, 7) is 10.6. The number of aliphatic hydroxyl groups excluding tert-OH is 2. The number of carbonyl (C=O) groups excluding carboxylic acids is 2. The maximum atomic E-state index is 16.6. The molecule has 0 aromatic rings. The van der Waals surface area contributed by atoms with Gasteiger partial charge in [-0.05, 0) is 36.7 Å². The second kappa shape index (κ2) is 5.33. The van der Waals surface area contributed by atoms with E-state index in [2.05, 4.69) is 38.0 Å². The first kappa shape index (κ1) is 18.9. The number of hydrogen-bond donors (Lipinski definition) is 2. The third kappa shape index (κ3) is 1.80. The highest BCUT2D eigenvalue weighted by molar-refractivity contribution is 5.98. The third-order valence-electron chi connectivity index (χ3n) is 7.30. The molecule has 4 aliphatic rings. The van der Waals surface area contributed by atoms with E-state index in [0.717, 1.165) is 0 Å². The van der Waals surface area contributed by atoms with E-state index in [1.165, 1.54) is 0 Å². The Hall–Kier alpha value is -2.45. The van der Waals surface area contributed by atoms with E-state index in [1.54, 1.807) is 0 Å². The molecular weight excluding hydrogens is 363 g/mol. The van der Waals surface area contributed by atoms with Gasteiger partial charge in [-0.2, -0.15) is 0 Å². The van der Waals surface area contributed by atoms with E-state index in [0.29, 0.717) is 12.0 Å². The zero-order valence-corrected chi connectivity index (χ0v) is 15.3. The molecular formula is C22H20FO5+2. The fraction of sp³-hybridized carbons (Fsp3) is 0.500. The van der Waals surface area contributed by atoms with Gasteiger partial charge in [0.1, 0.15) is 6.61 Å². The summed E-state index contributed by atoms with van der Waals surface area (Å²) >= 11 is 0. The molecule has 0 aromatic heterocycles. The number of ketones is 2. The summed E-state index contributed by atoms with van der Waals surface area (Å²) in [4.78, 5) is 25.5. The predicted octanol–water partition coefficient (Wildman–Crippen LogP) is 2.01. The molecule has 0 saturated heterocycles. The van der Waals surface area contributed by atoms with Crippen LogP contribution in [0.3, 0.4) is 0 Å². The van der Waals surface area contributed by atoms with Gasteiger partial charge >= 0.3 is 0 Å². The average molecular weight is 383 g/mol. The lowest BCUT2D eigenvalue weighted by molar-refractivity contribution is -0.182. The van der Waals surface area contributed by atoms with Gasteiger partial charge in [-0.3, -0.25) is 9.59 Å². The Labute approximate surface area is 162 Å². The topological polar surface area (TPSA) is 94.5 Å². The summed E-state index contributed by atoms with van der Waals surface area (Å²) in [5.41, 5.74) is -5.28. The molecule has 28 heavy (non-hydrogen) atoms. The highest BCUT2D eigenvalue weighted by Crippen LogP contribution is 2.68. The van der Waals surface area contributed by atoms with Crippen molar-refractivity contribution in [3.8, 4) is 11.8 Å². The number of halogens is 1. The number of rotatable bonds is 2. The van der Waals surface area contributed by atoms with Gasteiger partial charge in [0.15, 0.2) is 11.2 Å². The van der Waals surface area contributed by atoms with Crippen molar-refractivity contribution in [2.45, 2.75) is 37.0 Å². The van der Waals surface area contributed by atoms with Crippen LogP contribution >= 0.6 is 0 Å². The van der Waals surface area contributed by atoms with Gasteiger partial charge < -0.3 is 10.2 Å². The van der Waals surface area contributed by atoms with Gasteiger partial charge in [-0.15, -0.1) is 0 Å². The molecule has 0 heterocycles.